The van der Waals surface area contributed by atoms with Gasteiger partial charge in [0.2, 0.25) is 5.91 Å². The second-order valence-corrected chi connectivity index (χ2v) is 9.70. The van der Waals surface area contributed by atoms with E-state index in [9.17, 15) is 13.2 Å². The number of aryl methyl sites for hydroxylation is 2. The summed E-state index contributed by atoms with van der Waals surface area (Å²) in [4.78, 5) is 12.8. The molecule has 0 saturated heterocycles. The molecule has 0 fully saturated rings. The topological polar surface area (TPSA) is 68.2 Å². The number of sulfone groups is 1. The Morgan fingerprint density at radius 1 is 0.935 bits per heavy atom. The van der Waals surface area contributed by atoms with Crippen LogP contribution in [0.1, 0.15) is 16.7 Å². The number of nitrogens with zero attached hydrogens (tertiary/aromatic N) is 1. The van der Waals surface area contributed by atoms with Gasteiger partial charge in [-0.05, 0) is 43.2 Å². The van der Waals surface area contributed by atoms with Gasteiger partial charge < -0.3 is 9.88 Å². The lowest BCUT2D eigenvalue weighted by Crippen LogP contribution is -2.18. The summed E-state index contributed by atoms with van der Waals surface area (Å²) in [5, 5.41) is 3.47. The molecule has 0 saturated carbocycles. The van der Waals surface area contributed by atoms with E-state index in [2.05, 4.69) is 5.32 Å². The molecule has 1 N–H and O–H groups in total. The normalized spacial score (nSPS) is 11.5. The first-order chi connectivity index (χ1) is 14.8. The Hall–Kier alpha value is -3.38. The molecule has 0 radical (unpaired) electrons. The molecular weight excluding hydrogens is 408 g/mol. The van der Waals surface area contributed by atoms with Crippen molar-refractivity contribution >= 4 is 32.3 Å². The molecule has 4 rings (SSSR count). The summed E-state index contributed by atoms with van der Waals surface area (Å²) < 4.78 is 28.4. The maximum absolute atomic E-state index is 13.4. The lowest BCUT2D eigenvalue weighted by atomic mass is 10.1. The molecule has 3 aromatic carbocycles. The Bertz CT molecular complexity index is 1360. The predicted molar refractivity (Wildman–Crippen MR) is 124 cm³/mol. The average molecular weight is 433 g/mol. The zero-order valence-corrected chi connectivity index (χ0v) is 18.3. The minimum absolute atomic E-state index is 0.0222. The van der Waals surface area contributed by atoms with Crippen LogP contribution in [0.15, 0.2) is 83.9 Å². The second-order valence-electron chi connectivity index (χ2n) is 7.74. The first kappa shape index (κ1) is 20.9. The Balaban J connectivity index is 1.67. The van der Waals surface area contributed by atoms with Gasteiger partial charge in [-0.25, -0.2) is 8.42 Å². The molecule has 0 aliphatic heterocycles. The van der Waals surface area contributed by atoms with E-state index in [4.69, 9.17) is 0 Å². The Labute approximate surface area is 182 Å². The van der Waals surface area contributed by atoms with Crippen LogP contribution in [0.5, 0.6) is 0 Å². The number of hydrogen-bond donors (Lipinski definition) is 1. The van der Waals surface area contributed by atoms with E-state index < -0.39 is 9.84 Å². The van der Waals surface area contributed by atoms with Gasteiger partial charge in [-0.15, -0.1) is 0 Å². The number of para-hydroxylation sites is 2. The molecule has 4 aromatic rings. The van der Waals surface area contributed by atoms with Crippen LogP contribution in [0.3, 0.4) is 0 Å². The molecule has 5 nitrogen and oxygen atoms in total. The molecular formula is C25H24N2O3S. The third kappa shape index (κ3) is 4.54. The maximum atomic E-state index is 13.4. The van der Waals surface area contributed by atoms with Crippen LogP contribution in [0, 0.1) is 13.8 Å². The van der Waals surface area contributed by atoms with Crippen molar-refractivity contribution in [2.45, 2.75) is 31.0 Å². The van der Waals surface area contributed by atoms with E-state index in [1.807, 2.05) is 80.6 Å². The molecule has 158 valence electrons. The Morgan fingerprint density at radius 3 is 2.42 bits per heavy atom. The van der Waals surface area contributed by atoms with Gasteiger partial charge in [0, 0.05) is 22.8 Å². The van der Waals surface area contributed by atoms with Crippen LogP contribution in [-0.4, -0.2) is 18.9 Å². The van der Waals surface area contributed by atoms with Crippen LogP contribution >= 0.6 is 0 Å². The molecule has 0 atom stereocenters. The zero-order chi connectivity index (χ0) is 22.0. The number of benzene rings is 3. The van der Waals surface area contributed by atoms with Gasteiger partial charge >= 0.3 is 0 Å². The average Bonchev–Trinajstić information content (AvgIpc) is 3.11. The standard InChI is InChI=1S/C25H24N2O3S/c1-18-12-13-19(2)20(14-18)17-31(29,30)24-15-27(23-11-7-6-10-22(23)24)16-25(28)26-21-8-4-3-5-9-21/h3-15H,16-17H2,1-2H3,(H,26,28). The van der Waals surface area contributed by atoms with Crippen molar-refractivity contribution in [3.05, 3.63) is 95.7 Å². The second kappa shape index (κ2) is 8.40. The molecule has 0 aliphatic rings. The van der Waals surface area contributed by atoms with E-state index in [1.165, 1.54) is 0 Å². The van der Waals surface area contributed by atoms with Gasteiger partial charge in [0.1, 0.15) is 6.54 Å². The van der Waals surface area contributed by atoms with Crippen LogP contribution < -0.4 is 5.32 Å². The van der Waals surface area contributed by atoms with Crippen molar-refractivity contribution in [2.75, 3.05) is 5.32 Å². The number of carbonyl (C=O) groups is 1. The highest BCUT2D eigenvalue weighted by Gasteiger charge is 2.23. The van der Waals surface area contributed by atoms with E-state index in [0.717, 1.165) is 16.7 Å². The summed E-state index contributed by atoms with van der Waals surface area (Å²) in [5.74, 6) is -0.296. The number of amides is 1. The van der Waals surface area contributed by atoms with Crippen molar-refractivity contribution in [1.29, 1.82) is 0 Å². The fraction of sp³-hybridized carbons (Fsp3) is 0.160. The highest BCUT2D eigenvalue weighted by Crippen LogP contribution is 2.29. The molecule has 0 spiro atoms. The highest BCUT2D eigenvalue weighted by molar-refractivity contribution is 7.90. The minimum atomic E-state index is -3.61. The summed E-state index contributed by atoms with van der Waals surface area (Å²) in [6, 6.07) is 22.3. The minimum Gasteiger partial charge on any atom is -0.337 e. The summed E-state index contributed by atoms with van der Waals surface area (Å²) in [7, 11) is -3.61. The summed E-state index contributed by atoms with van der Waals surface area (Å²) in [5.41, 5.74) is 4.17. The van der Waals surface area contributed by atoms with E-state index in [1.54, 1.807) is 16.8 Å². The fourth-order valence-electron chi connectivity index (χ4n) is 3.71. The van der Waals surface area contributed by atoms with E-state index in [-0.39, 0.29) is 23.1 Å². The SMILES string of the molecule is Cc1ccc(C)c(CS(=O)(=O)c2cn(CC(=O)Nc3ccccc3)c3ccccc23)c1. The van der Waals surface area contributed by atoms with Crippen molar-refractivity contribution in [1.82, 2.24) is 4.57 Å². The monoisotopic (exact) mass is 432 g/mol. The number of hydrogen-bond acceptors (Lipinski definition) is 3. The van der Waals surface area contributed by atoms with Gasteiger partial charge in [-0.3, -0.25) is 4.79 Å². The maximum Gasteiger partial charge on any atom is 0.244 e. The van der Waals surface area contributed by atoms with Crippen molar-refractivity contribution < 1.29 is 13.2 Å². The quantitative estimate of drug-likeness (QED) is 0.473. The van der Waals surface area contributed by atoms with Gasteiger partial charge in [0.15, 0.2) is 9.84 Å². The van der Waals surface area contributed by atoms with Crippen LogP contribution in [0.25, 0.3) is 10.9 Å². The molecule has 1 heterocycles. The van der Waals surface area contributed by atoms with Crippen LogP contribution in [0.4, 0.5) is 5.69 Å². The molecule has 6 heteroatoms. The number of rotatable bonds is 6. The first-order valence-electron chi connectivity index (χ1n) is 10.1. The lowest BCUT2D eigenvalue weighted by molar-refractivity contribution is -0.116. The molecule has 0 aliphatic carbocycles. The highest BCUT2D eigenvalue weighted by atomic mass is 32.2. The number of nitrogens with one attached hydrogen (secondary N) is 1. The third-order valence-corrected chi connectivity index (χ3v) is 7.00. The zero-order valence-electron chi connectivity index (χ0n) is 17.5. The number of fused-ring (bicyclic) bond motifs is 1. The van der Waals surface area contributed by atoms with Crippen molar-refractivity contribution in [2.24, 2.45) is 0 Å². The van der Waals surface area contributed by atoms with E-state index >= 15 is 0 Å². The Morgan fingerprint density at radius 2 is 1.65 bits per heavy atom. The van der Waals surface area contributed by atoms with Gasteiger partial charge in [-0.2, -0.15) is 0 Å². The lowest BCUT2D eigenvalue weighted by Gasteiger charge is -2.08. The summed E-state index contributed by atoms with van der Waals surface area (Å²) in [6.45, 7) is 3.89. The molecule has 31 heavy (non-hydrogen) atoms. The van der Waals surface area contributed by atoms with Crippen molar-refractivity contribution in [3.8, 4) is 0 Å². The number of aromatic nitrogens is 1. The molecule has 1 aromatic heterocycles. The Kier molecular flexibility index (Phi) is 5.65. The molecule has 1 amide bonds. The predicted octanol–water partition coefficient (Wildman–Crippen LogP) is 4.87. The van der Waals surface area contributed by atoms with Crippen LogP contribution in [-0.2, 0) is 26.9 Å². The van der Waals surface area contributed by atoms with E-state index in [0.29, 0.717) is 16.6 Å². The molecule has 0 unspecified atom stereocenters. The number of anilines is 1. The van der Waals surface area contributed by atoms with Gasteiger partial charge in [-0.1, -0.05) is 60.2 Å². The van der Waals surface area contributed by atoms with Crippen molar-refractivity contribution in [3.63, 3.8) is 0 Å². The molecule has 0 bridgehead atoms. The fourth-order valence-corrected chi connectivity index (χ4v) is 5.38. The third-order valence-electron chi connectivity index (χ3n) is 5.31. The first-order valence-corrected chi connectivity index (χ1v) is 11.7. The van der Waals surface area contributed by atoms with Crippen LogP contribution in [0.2, 0.25) is 0 Å². The van der Waals surface area contributed by atoms with Gasteiger partial charge in [0.25, 0.3) is 0 Å². The smallest absolute Gasteiger partial charge is 0.244 e. The summed E-state index contributed by atoms with van der Waals surface area (Å²) in [6.07, 6.45) is 1.58. The van der Waals surface area contributed by atoms with Gasteiger partial charge in [0.05, 0.1) is 10.6 Å². The summed E-state index contributed by atoms with van der Waals surface area (Å²) >= 11 is 0. The largest absolute Gasteiger partial charge is 0.337 e. The number of carbonyl (C=O) groups excluding carboxylic acids is 1.